The molecular weight excluding hydrogens is 332 g/mol. The van der Waals surface area contributed by atoms with E-state index in [2.05, 4.69) is 10.2 Å². The highest BCUT2D eigenvalue weighted by Crippen LogP contribution is 2.20. The highest BCUT2D eigenvalue weighted by atomic mass is 16.5. The monoisotopic (exact) mass is 354 g/mol. The van der Waals surface area contributed by atoms with Crippen molar-refractivity contribution in [1.29, 1.82) is 0 Å². The zero-order valence-corrected chi connectivity index (χ0v) is 14.7. The van der Waals surface area contributed by atoms with Gasteiger partial charge in [-0.05, 0) is 43.3 Å². The molecule has 0 spiro atoms. The van der Waals surface area contributed by atoms with Gasteiger partial charge in [0, 0.05) is 24.5 Å². The minimum atomic E-state index is -0.727. The molecule has 0 radical (unpaired) electrons. The van der Waals surface area contributed by atoms with Crippen molar-refractivity contribution < 1.29 is 19.1 Å². The fraction of sp³-hybridized carbons (Fsp3) is 0.300. The van der Waals surface area contributed by atoms with Crippen LogP contribution in [0.5, 0.6) is 5.75 Å². The van der Waals surface area contributed by atoms with E-state index < -0.39 is 6.10 Å². The summed E-state index contributed by atoms with van der Waals surface area (Å²) < 4.78 is 11.0. The number of hydrogen-bond donors (Lipinski definition) is 1. The van der Waals surface area contributed by atoms with Crippen molar-refractivity contribution in [2.24, 2.45) is 0 Å². The Labute approximate surface area is 152 Å². The number of morpholine rings is 1. The van der Waals surface area contributed by atoms with Gasteiger partial charge in [0.05, 0.1) is 18.8 Å². The van der Waals surface area contributed by atoms with Gasteiger partial charge in [-0.15, -0.1) is 0 Å². The third-order valence-corrected chi connectivity index (χ3v) is 4.23. The van der Waals surface area contributed by atoms with Crippen molar-refractivity contribution in [2.75, 3.05) is 36.5 Å². The van der Waals surface area contributed by atoms with Gasteiger partial charge in [-0.25, -0.2) is 0 Å². The van der Waals surface area contributed by atoms with E-state index in [1.165, 1.54) is 0 Å². The maximum Gasteiger partial charge on any atom is 0.265 e. The minimum Gasteiger partial charge on any atom is -0.480 e. The van der Waals surface area contributed by atoms with Crippen LogP contribution in [-0.2, 0) is 9.53 Å². The molecule has 0 aliphatic carbocycles. The van der Waals surface area contributed by atoms with Gasteiger partial charge in [0.1, 0.15) is 5.75 Å². The first-order valence-electron chi connectivity index (χ1n) is 8.62. The summed E-state index contributed by atoms with van der Waals surface area (Å²) in [5, 5.41) is 2.83. The summed E-state index contributed by atoms with van der Waals surface area (Å²) in [6, 6.07) is 14.5. The molecule has 0 bridgehead atoms. The number of hydrogen-bond acceptors (Lipinski definition) is 5. The summed E-state index contributed by atoms with van der Waals surface area (Å²) in [6.45, 7) is 4.85. The van der Waals surface area contributed by atoms with Gasteiger partial charge in [0.15, 0.2) is 12.4 Å². The molecule has 1 N–H and O–H groups in total. The number of rotatable bonds is 6. The van der Waals surface area contributed by atoms with E-state index in [9.17, 15) is 9.59 Å². The molecule has 0 unspecified atom stereocenters. The number of para-hydroxylation sites is 1. The van der Waals surface area contributed by atoms with Gasteiger partial charge >= 0.3 is 0 Å². The van der Waals surface area contributed by atoms with Crippen molar-refractivity contribution in [2.45, 2.75) is 13.0 Å². The van der Waals surface area contributed by atoms with Crippen LogP contribution in [0.4, 0.5) is 11.4 Å². The molecule has 1 atom stereocenters. The highest BCUT2D eigenvalue weighted by Gasteiger charge is 2.17. The molecule has 0 saturated carbocycles. The summed E-state index contributed by atoms with van der Waals surface area (Å²) in [5.74, 6) is 0.123. The van der Waals surface area contributed by atoms with Gasteiger partial charge in [-0.3, -0.25) is 9.59 Å². The zero-order valence-electron chi connectivity index (χ0n) is 14.7. The second-order valence-corrected chi connectivity index (χ2v) is 6.05. The van der Waals surface area contributed by atoms with Gasteiger partial charge in [0.2, 0.25) is 0 Å². The van der Waals surface area contributed by atoms with Gasteiger partial charge in [-0.1, -0.05) is 12.1 Å². The Hall–Kier alpha value is -2.86. The first kappa shape index (κ1) is 17.9. The van der Waals surface area contributed by atoms with E-state index in [4.69, 9.17) is 9.47 Å². The summed E-state index contributed by atoms with van der Waals surface area (Å²) in [7, 11) is 0. The van der Waals surface area contributed by atoms with Crippen LogP contribution in [-0.4, -0.2) is 44.6 Å². The number of ether oxygens (including phenoxy) is 2. The molecule has 1 saturated heterocycles. The normalized spacial score (nSPS) is 15.2. The molecule has 1 fully saturated rings. The van der Waals surface area contributed by atoms with E-state index in [0.717, 1.165) is 32.0 Å². The van der Waals surface area contributed by atoms with Crippen LogP contribution < -0.4 is 15.0 Å². The standard InChI is InChI=1S/C20H22N2O4/c1-15(26-19-5-3-2-4-16(19)14-23)20(24)21-17-6-8-18(9-7-17)22-10-12-25-13-11-22/h2-9,14-15H,10-13H2,1H3,(H,21,24)/t15-/m0/s1. The summed E-state index contributed by atoms with van der Waals surface area (Å²) >= 11 is 0. The maximum atomic E-state index is 12.4. The van der Waals surface area contributed by atoms with E-state index in [1.807, 2.05) is 24.3 Å². The quantitative estimate of drug-likeness (QED) is 0.808. The third-order valence-electron chi connectivity index (χ3n) is 4.23. The van der Waals surface area contributed by atoms with E-state index in [1.54, 1.807) is 31.2 Å². The lowest BCUT2D eigenvalue weighted by molar-refractivity contribution is -0.122. The lowest BCUT2D eigenvalue weighted by Gasteiger charge is -2.29. The number of carbonyl (C=O) groups is 2. The summed E-state index contributed by atoms with van der Waals surface area (Å²) in [6.07, 6.45) is -0.0142. The molecule has 1 heterocycles. The lowest BCUT2D eigenvalue weighted by atomic mass is 10.2. The van der Waals surface area contributed by atoms with Crippen LogP contribution in [0.2, 0.25) is 0 Å². The predicted octanol–water partition coefficient (Wildman–Crippen LogP) is 2.74. The second-order valence-electron chi connectivity index (χ2n) is 6.05. The third kappa shape index (κ3) is 4.40. The Kier molecular flexibility index (Phi) is 5.86. The number of nitrogens with one attached hydrogen (secondary N) is 1. The molecule has 1 aliphatic rings. The fourth-order valence-corrected chi connectivity index (χ4v) is 2.75. The molecule has 1 aliphatic heterocycles. The van der Waals surface area contributed by atoms with E-state index >= 15 is 0 Å². The molecule has 2 aromatic rings. The van der Waals surface area contributed by atoms with Crippen LogP contribution in [0.1, 0.15) is 17.3 Å². The van der Waals surface area contributed by atoms with Crippen molar-refractivity contribution >= 4 is 23.6 Å². The number of aldehydes is 1. The summed E-state index contributed by atoms with van der Waals surface area (Å²) in [5.41, 5.74) is 2.23. The SMILES string of the molecule is C[C@H](Oc1ccccc1C=O)C(=O)Nc1ccc(N2CCOCC2)cc1. The van der Waals surface area contributed by atoms with Gasteiger partial charge in [0.25, 0.3) is 5.91 Å². The number of amides is 1. The van der Waals surface area contributed by atoms with Crippen LogP contribution in [0.15, 0.2) is 48.5 Å². The predicted molar refractivity (Wildman–Crippen MR) is 100 cm³/mol. The Balaban J connectivity index is 1.59. The zero-order chi connectivity index (χ0) is 18.4. The van der Waals surface area contributed by atoms with Crippen molar-refractivity contribution in [3.05, 3.63) is 54.1 Å². The molecule has 26 heavy (non-hydrogen) atoms. The Morgan fingerprint density at radius 3 is 2.54 bits per heavy atom. The Morgan fingerprint density at radius 1 is 1.15 bits per heavy atom. The van der Waals surface area contributed by atoms with Crippen molar-refractivity contribution in [3.8, 4) is 5.75 Å². The lowest BCUT2D eigenvalue weighted by Crippen LogP contribution is -2.36. The fourth-order valence-electron chi connectivity index (χ4n) is 2.75. The van der Waals surface area contributed by atoms with Crippen LogP contribution in [0.3, 0.4) is 0 Å². The van der Waals surface area contributed by atoms with E-state index in [-0.39, 0.29) is 5.91 Å². The number of nitrogens with zero attached hydrogens (tertiary/aromatic N) is 1. The summed E-state index contributed by atoms with van der Waals surface area (Å²) in [4.78, 5) is 25.6. The first-order chi connectivity index (χ1) is 12.7. The van der Waals surface area contributed by atoms with Crippen LogP contribution >= 0.6 is 0 Å². The van der Waals surface area contributed by atoms with E-state index in [0.29, 0.717) is 23.3 Å². The average molecular weight is 354 g/mol. The molecule has 2 aromatic carbocycles. The average Bonchev–Trinajstić information content (AvgIpc) is 2.69. The highest BCUT2D eigenvalue weighted by molar-refractivity contribution is 5.94. The molecule has 1 amide bonds. The molecular formula is C20H22N2O4. The van der Waals surface area contributed by atoms with Crippen molar-refractivity contribution in [1.82, 2.24) is 0 Å². The first-order valence-corrected chi connectivity index (χ1v) is 8.62. The maximum absolute atomic E-state index is 12.4. The largest absolute Gasteiger partial charge is 0.480 e. The molecule has 6 nitrogen and oxygen atoms in total. The molecule has 3 rings (SSSR count). The molecule has 136 valence electrons. The van der Waals surface area contributed by atoms with Crippen LogP contribution in [0.25, 0.3) is 0 Å². The Bertz CT molecular complexity index is 755. The van der Waals surface area contributed by atoms with Gasteiger partial charge < -0.3 is 19.7 Å². The minimum absolute atomic E-state index is 0.273. The topological polar surface area (TPSA) is 67.9 Å². The smallest absolute Gasteiger partial charge is 0.265 e. The molecule has 0 aromatic heterocycles. The molecule has 6 heteroatoms. The second kappa shape index (κ2) is 8.49. The number of benzene rings is 2. The van der Waals surface area contributed by atoms with Crippen molar-refractivity contribution in [3.63, 3.8) is 0 Å². The number of carbonyl (C=O) groups excluding carboxylic acids is 2. The van der Waals surface area contributed by atoms with Crippen LogP contribution in [0, 0.1) is 0 Å². The number of anilines is 2. The Morgan fingerprint density at radius 2 is 1.85 bits per heavy atom. The van der Waals surface area contributed by atoms with Gasteiger partial charge in [-0.2, -0.15) is 0 Å².